The Bertz CT molecular complexity index is 749. The topological polar surface area (TPSA) is 42.9 Å². The molecule has 1 saturated heterocycles. The fourth-order valence-corrected chi connectivity index (χ4v) is 5.03. The van der Waals surface area contributed by atoms with Crippen molar-refractivity contribution in [2.75, 3.05) is 26.8 Å². The highest BCUT2D eigenvalue weighted by Crippen LogP contribution is 2.52. The van der Waals surface area contributed by atoms with Crippen molar-refractivity contribution in [1.82, 2.24) is 5.32 Å². The maximum Gasteiger partial charge on any atom is 0.119 e. The van der Waals surface area contributed by atoms with Crippen LogP contribution in [0.5, 0.6) is 5.75 Å². The van der Waals surface area contributed by atoms with Gasteiger partial charge in [-0.3, -0.25) is 4.99 Å². The molecule has 1 saturated carbocycles. The summed E-state index contributed by atoms with van der Waals surface area (Å²) in [7, 11) is 1.72. The fraction of sp³-hybridized carbons (Fsp3) is 0.577. The smallest absolute Gasteiger partial charge is 0.119 e. The molecular formula is C26H38N2O2. The van der Waals surface area contributed by atoms with E-state index in [0.717, 1.165) is 56.8 Å². The number of hydrogen-bond donors (Lipinski definition) is 1. The number of methoxy groups -OCH3 is 1. The minimum Gasteiger partial charge on any atom is -0.497 e. The van der Waals surface area contributed by atoms with Crippen molar-refractivity contribution in [2.45, 2.75) is 63.9 Å². The minimum absolute atomic E-state index is 0.0314. The summed E-state index contributed by atoms with van der Waals surface area (Å²) in [4.78, 5) is 4.73. The zero-order valence-corrected chi connectivity index (χ0v) is 18.8. The number of hydrogen-bond acceptors (Lipinski definition) is 4. The fourth-order valence-electron chi connectivity index (χ4n) is 5.03. The normalized spacial score (nSPS) is 23.5. The van der Waals surface area contributed by atoms with Gasteiger partial charge in [0.15, 0.2) is 0 Å². The van der Waals surface area contributed by atoms with Gasteiger partial charge >= 0.3 is 0 Å². The number of benzene rings is 1. The molecule has 2 aliphatic rings. The number of rotatable bonds is 10. The molecule has 4 heteroatoms. The summed E-state index contributed by atoms with van der Waals surface area (Å²) < 4.78 is 11.7. The Morgan fingerprint density at radius 1 is 1.27 bits per heavy atom. The molecule has 0 unspecified atom stereocenters. The average molecular weight is 411 g/mol. The number of nitrogens with one attached hydrogen (secondary N) is 1. The molecule has 164 valence electrons. The van der Waals surface area contributed by atoms with Crippen LogP contribution in [0.15, 0.2) is 53.7 Å². The van der Waals surface area contributed by atoms with E-state index in [9.17, 15) is 0 Å². The zero-order chi connectivity index (χ0) is 21.3. The summed E-state index contributed by atoms with van der Waals surface area (Å²) in [5.74, 6) is 0.922. The highest BCUT2D eigenvalue weighted by Gasteiger charge is 2.48. The van der Waals surface area contributed by atoms with Crippen molar-refractivity contribution in [3.8, 4) is 5.75 Å². The standard InChI is InChI=1S/C26H38N2O2/c1-4-5-16-28-22(2)25(15-19-30-26(21-25)12-6-7-13-26)14-18-27-17-11-23-9-8-10-24(20-23)29-3/h4-5,8-10,16,20,27H,2,6-7,11-15,17-19,21H2,1,3H3/b5-4-,28-16-/t25-/m1/s1. The van der Waals surface area contributed by atoms with Crippen LogP contribution in [0, 0.1) is 5.41 Å². The lowest BCUT2D eigenvalue weighted by molar-refractivity contribution is -0.115. The highest BCUT2D eigenvalue weighted by atomic mass is 16.5. The van der Waals surface area contributed by atoms with Crippen molar-refractivity contribution in [1.29, 1.82) is 0 Å². The lowest BCUT2D eigenvalue weighted by Crippen LogP contribution is -2.45. The van der Waals surface area contributed by atoms with Gasteiger partial charge in [0.1, 0.15) is 5.75 Å². The van der Waals surface area contributed by atoms with Gasteiger partial charge in [-0.25, -0.2) is 0 Å². The third-order valence-corrected chi connectivity index (χ3v) is 6.79. The predicted molar refractivity (Wildman–Crippen MR) is 125 cm³/mol. The summed E-state index contributed by atoms with van der Waals surface area (Å²) in [6.45, 7) is 9.18. The molecule has 3 rings (SSSR count). The highest BCUT2D eigenvalue weighted by molar-refractivity contribution is 5.72. The molecule has 1 heterocycles. The van der Waals surface area contributed by atoms with E-state index in [1.54, 1.807) is 7.11 Å². The van der Waals surface area contributed by atoms with Gasteiger partial charge < -0.3 is 14.8 Å². The largest absolute Gasteiger partial charge is 0.497 e. The van der Waals surface area contributed by atoms with Gasteiger partial charge in [0.2, 0.25) is 0 Å². The molecule has 1 atom stereocenters. The summed E-state index contributed by atoms with van der Waals surface area (Å²) in [5.41, 5.74) is 2.40. The predicted octanol–water partition coefficient (Wildman–Crippen LogP) is 5.49. The van der Waals surface area contributed by atoms with Gasteiger partial charge in [-0.2, -0.15) is 0 Å². The molecule has 1 spiro atoms. The van der Waals surface area contributed by atoms with E-state index in [1.807, 2.05) is 31.4 Å². The van der Waals surface area contributed by atoms with Crippen molar-refractivity contribution in [3.05, 3.63) is 54.3 Å². The molecule has 4 nitrogen and oxygen atoms in total. The van der Waals surface area contributed by atoms with Gasteiger partial charge in [-0.1, -0.05) is 37.6 Å². The molecule has 30 heavy (non-hydrogen) atoms. The van der Waals surface area contributed by atoms with Crippen molar-refractivity contribution >= 4 is 6.21 Å². The van der Waals surface area contributed by atoms with Gasteiger partial charge in [0.05, 0.1) is 12.7 Å². The second kappa shape index (κ2) is 10.9. The summed E-state index contributed by atoms with van der Waals surface area (Å²) in [6, 6.07) is 8.32. The third-order valence-electron chi connectivity index (χ3n) is 6.79. The first-order valence-corrected chi connectivity index (χ1v) is 11.4. The number of nitrogens with zero attached hydrogens (tertiary/aromatic N) is 1. The van der Waals surface area contributed by atoms with Gasteiger partial charge in [-0.05, 0) is 82.3 Å². The first-order valence-electron chi connectivity index (χ1n) is 11.4. The van der Waals surface area contributed by atoms with E-state index in [1.165, 1.54) is 31.2 Å². The number of ether oxygens (including phenoxy) is 2. The summed E-state index contributed by atoms with van der Waals surface area (Å²) in [6.07, 6.45) is 14.9. The van der Waals surface area contributed by atoms with E-state index in [2.05, 4.69) is 30.1 Å². The Labute approximate surface area is 182 Å². The van der Waals surface area contributed by atoms with Gasteiger partial charge in [0, 0.05) is 23.9 Å². The Kier molecular flexibility index (Phi) is 8.29. The first kappa shape index (κ1) is 22.8. The molecule has 0 amide bonds. The number of aliphatic imine (C=N–C) groups is 1. The molecule has 0 bridgehead atoms. The maximum absolute atomic E-state index is 6.33. The van der Waals surface area contributed by atoms with Crippen LogP contribution >= 0.6 is 0 Å². The van der Waals surface area contributed by atoms with E-state index >= 15 is 0 Å². The molecule has 1 aromatic carbocycles. The van der Waals surface area contributed by atoms with Crippen molar-refractivity contribution in [2.24, 2.45) is 10.4 Å². The molecule has 0 radical (unpaired) electrons. The van der Waals surface area contributed by atoms with Gasteiger partial charge in [0.25, 0.3) is 0 Å². The number of allylic oxidation sites excluding steroid dienone is 3. The molecule has 1 aliphatic carbocycles. The van der Waals surface area contributed by atoms with Crippen molar-refractivity contribution in [3.63, 3.8) is 0 Å². The van der Waals surface area contributed by atoms with Crippen LogP contribution in [0.25, 0.3) is 0 Å². The SMILES string of the molecule is C=C(/N=C\C=C/C)[C@]1(CCNCCc2cccc(OC)c2)CCOC2(CCCC2)C1. The molecule has 1 aromatic rings. The van der Waals surface area contributed by atoms with Gasteiger partial charge in [-0.15, -0.1) is 0 Å². The van der Waals surface area contributed by atoms with Crippen LogP contribution in [-0.2, 0) is 11.2 Å². The molecular weight excluding hydrogens is 372 g/mol. The maximum atomic E-state index is 6.33. The summed E-state index contributed by atoms with van der Waals surface area (Å²) in [5, 5.41) is 3.66. The van der Waals surface area contributed by atoms with E-state index in [-0.39, 0.29) is 11.0 Å². The molecule has 0 aromatic heterocycles. The molecule has 1 N–H and O–H groups in total. The van der Waals surface area contributed by atoms with E-state index in [4.69, 9.17) is 14.5 Å². The monoisotopic (exact) mass is 410 g/mol. The van der Waals surface area contributed by atoms with Crippen LogP contribution in [0.4, 0.5) is 0 Å². The van der Waals surface area contributed by atoms with Crippen LogP contribution in [0.3, 0.4) is 0 Å². The zero-order valence-electron chi connectivity index (χ0n) is 18.8. The third kappa shape index (κ3) is 5.83. The summed E-state index contributed by atoms with van der Waals surface area (Å²) >= 11 is 0. The first-order chi connectivity index (χ1) is 14.6. The molecule has 2 fully saturated rings. The second-order valence-corrected chi connectivity index (χ2v) is 8.80. The Hall–Kier alpha value is -1.91. The van der Waals surface area contributed by atoms with Crippen LogP contribution in [-0.4, -0.2) is 38.6 Å². The van der Waals surface area contributed by atoms with E-state index in [0.29, 0.717) is 0 Å². The minimum atomic E-state index is 0.0314. The Morgan fingerprint density at radius 3 is 2.87 bits per heavy atom. The van der Waals surface area contributed by atoms with Crippen molar-refractivity contribution < 1.29 is 9.47 Å². The second-order valence-electron chi connectivity index (χ2n) is 8.80. The van der Waals surface area contributed by atoms with Crippen LogP contribution in [0.2, 0.25) is 0 Å². The molecule has 1 aliphatic heterocycles. The Morgan fingerprint density at radius 2 is 2.10 bits per heavy atom. The van der Waals surface area contributed by atoms with E-state index < -0.39 is 0 Å². The van der Waals surface area contributed by atoms with Crippen LogP contribution in [0.1, 0.15) is 57.4 Å². The van der Waals surface area contributed by atoms with Crippen LogP contribution < -0.4 is 10.1 Å². The Balaban J connectivity index is 1.59. The lowest BCUT2D eigenvalue weighted by Gasteiger charge is -2.47. The average Bonchev–Trinajstić information content (AvgIpc) is 3.21. The lowest BCUT2D eigenvalue weighted by atomic mass is 9.68. The quantitative estimate of drug-likeness (QED) is 0.410.